The Bertz CT molecular complexity index is 6730. The molecule has 0 aliphatic carbocycles. The summed E-state index contributed by atoms with van der Waals surface area (Å²) in [5.74, 6) is 2.57. The monoisotopic (exact) mass is 1770 g/mol. The first-order valence-electron chi connectivity index (χ1n) is 45.8. The molecular formula is C104H111F2N21O5. The van der Waals surface area contributed by atoms with Gasteiger partial charge in [0.1, 0.15) is 17.4 Å². The molecule has 4 N–H and O–H groups in total. The van der Waals surface area contributed by atoms with Crippen LogP contribution in [0.3, 0.4) is 0 Å². The average molecular weight is 1770 g/mol. The number of fused-ring (bicyclic) bond motifs is 4. The van der Waals surface area contributed by atoms with Crippen LogP contribution in [0.15, 0.2) is 232 Å². The number of carbonyl (C=O) groups excluding carboxylic acids is 4. The Hall–Kier alpha value is -14.5. The Morgan fingerprint density at radius 2 is 0.735 bits per heavy atom. The van der Waals surface area contributed by atoms with E-state index in [1.807, 2.05) is 160 Å². The smallest absolute Gasteiger partial charge is 0.223 e. The number of aryl methyl sites for hydroxylation is 6. The molecule has 8 atom stereocenters. The number of aromatic amines is 4. The normalized spacial score (nSPS) is 18.2. The molecule has 132 heavy (non-hydrogen) atoms. The summed E-state index contributed by atoms with van der Waals surface area (Å²) in [6, 6.07) is 54.2. The zero-order valence-corrected chi connectivity index (χ0v) is 75.6. The Kier molecular flexibility index (Phi) is 27.6. The molecule has 16 aromatic rings. The van der Waals surface area contributed by atoms with Crippen molar-refractivity contribution >= 4 is 67.2 Å². The lowest BCUT2D eigenvalue weighted by molar-refractivity contribution is -0.132. The molecule has 20 rings (SSSR count). The van der Waals surface area contributed by atoms with E-state index < -0.39 is 0 Å². The molecule has 4 aliphatic rings. The molecule has 0 saturated carbocycles. The topological polar surface area (TPSA) is 300 Å². The van der Waals surface area contributed by atoms with E-state index in [0.717, 1.165) is 194 Å². The molecule has 8 aromatic heterocycles. The number of nitriles is 1. The van der Waals surface area contributed by atoms with Crippen LogP contribution in [0.4, 0.5) is 8.78 Å². The Morgan fingerprint density at radius 3 is 1.07 bits per heavy atom. The van der Waals surface area contributed by atoms with Gasteiger partial charge in [-0.05, 0) is 257 Å². The van der Waals surface area contributed by atoms with Crippen LogP contribution < -0.4 is 4.74 Å². The molecule has 8 aromatic carbocycles. The lowest BCUT2D eigenvalue weighted by Gasteiger charge is -2.21. The second-order valence-corrected chi connectivity index (χ2v) is 36.2. The molecule has 4 unspecified atom stereocenters. The number of nitrogens with one attached hydrogen (secondary N) is 4. The summed E-state index contributed by atoms with van der Waals surface area (Å²) in [5.41, 5.74) is 19.0. The van der Waals surface area contributed by atoms with Gasteiger partial charge in [-0.1, -0.05) is 72.8 Å². The maximum atomic E-state index is 14.1. The number of methoxy groups -OCH3 is 1. The Morgan fingerprint density at radius 1 is 0.386 bits per heavy atom. The minimum atomic E-state index is -0.225. The van der Waals surface area contributed by atoms with Crippen LogP contribution in [-0.2, 0) is 71.0 Å². The van der Waals surface area contributed by atoms with Gasteiger partial charge in [0.05, 0.1) is 90.4 Å². The summed E-state index contributed by atoms with van der Waals surface area (Å²) in [6.45, 7) is 18.3. The van der Waals surface area contributed by atoms with Gasteiger partial charge in [-0.2, -0.15) is 46.1 Å². The number of rotatable bonds is 25. The summed E-state index contributed by atoms with van der Waals surface area (Å²) < 4.78 is 41.1. The number of halogens is 2. The van der Waals surface area contributed by atoms with Crippen LogP contribution in [0, 0.1) is 60.5 Å². The summed E-state index contributed by atoms with van der Waals surface area (Å²) >= 11 is 0. The van der Waals surface area contributed by atoms with Crippen molar-refractivity contribution < 1.29 is 32.7 Å². The van der Waals surface area contributed by atoms with E-state index in [0.29, 0.717) is 91.9 Å². The van der Waals surface area contributed by atoms with Gasteiger partial charge in [-0.15, -0.1) is 0 Å². The molecule has 0 radical (unpaired) electrons. The third kappa shape index (κ3) is 21.2. The lowest BCUT2D eigenvalue weighted by atomic mass is 10.1. The molecule has 4 aliphatic heterocycles. The minimum absolute atomic E-state index is 0.0973. The molecule has 676 valence electrons. The van der Waals surface area contributed by atoms with Gasteiger partial charge in [0.15, 0.2) is 0 Å². The third-order valence-corrected chi connectivity index (χ3v) is 26.7. The van der Waals surface area contributed by atoms with Crippen LogP contribution in [0.1, 0.15) is 118 Å². The molecule has 4 fully saturated rings. The summed E-state index contributed by atoms with van der Waals surface area (Å²) in [5, 5.41) is 59.5. The maximum Gasteiger partial charge on any atom is 0.223 e. The molecule has 12 heterocycles. The molecular weight excluding hydrogens is 1660 g/mol. The number of hydrogen-bond acceptors (Lipinski definition) is 14. The second-order valence-electron chi connectivity index (χ2n) is 36.2. The zero-order chi connectivity index (χ0) is 91.5. The highest BCUT2D eigenvalue weighted by molar-refractivity contribution is 5.88. The van der Waals surface area contributed by atoms with E-state index >= 15 is 0 Å². The number of benzene rings is 8. The number of ether oxygens (including phenoxy) is 1. The van der Waals surface area contributed by atoms with E-state index in [1.165, 1.54) is 12.1 Å². The predicted molar refractivity (Wildman–Crippen MR) is 506 cm³/mol. The largest absolute Gasteiger partial charge is 0.497 e. The van der Waals surface area contributed by atoms with Crippen LogP contribution in [0.2, 0.25) is 0 Å². The van der Waals surface area contributed by atoms with Gasteiger partial charge in [-0.3, -0.25) is 58.3 Å². The number of nitrogens with zero attached hydrogens (tertiary/aromatic N) is 17. The van der Waals surface area contributed by atoms with Crippen LogP contribution >= 0.6 is 0 Å². The van der Waals surface area contributed by atoms with Crippen molar-refractivity contribution in [2.45, 2.75) is 169 Å². The van der Waals surface area contributed by atoms with E-state index in [2.05, 4.69) is 182 Å². The highest BCUT2D eigenvalue weighted by Gasteiger charge is 2.37. The van der Waals surface area contributed by atoms with Gasteiger partial charge in [-0.25, -0.2) is 8.78 Å². The van der Waals surface area contributed by atoms with Gasteiger partial charge in [0.25, 0.3) is 0 Å². The van der Waals surface area contributed by atoms with Crippen molar-refractivity contribution in [1.82, 2.24) is 99.5 Å². The van der Waals surface area contributed by atoms with Crippen molar-refractivity contribution in [2.75, 3.05) is 33.3 Å². The van der Waals surface area contributed by atoms with Crippen LogP contribution in [-0.4, -0.2) is 181 Å². The number of likely N-dealkylation sites (tertiary alicyclic amines) is 4. The summed E-state index contributed by atoms with van der Waals surface area (Å²) in [6.07, 6.45) is 30.6. The van der Waals surface area contributed by atoms with Gasteiger partial charge in [0, 0.05) is 171 Å². The van der Waals surface area contributed by atoms with Gasteiger partial charge in [0.2, 0.25) is 23.6 Å². The van der Waals surface area contributed by atoms with Crippen molar-refractivity contribution in [3.05, 3.63) is 283 Å². The molecule has 28 heteroatoms. The fourth-order valence-corrected chi connectivity index (χ4v) is 19.7. The second kappa shape index (κ2) is 40.7. The van der Waals surface area contributed by atoms with Crippen molar-refractivity contribution in [3.63, 3.8) is 0 Å². The number of carbonyl (C=O) groups is 4. The van der Waals surface area contributed by atoms with Crippen molar-refractivity contribution in [1.29, 1.82) is 5.26 Å². The number of H-pyrrole nitrogens is 4. The highest BCUT2D eigenvalue weighted by atomic mass is 19.1. The SMILES string of the molecule is COc1cccc(CCC(=O)N2CC(Cn3ncc4cc(-c5cn[nH]c5)ccc43)C[C@H]2C)c1.C[C@@H]1CC(Cn2ncc3cc(-c4cn[nH]c4)ccc32)CN1C(=O)CCc1cccc(C#N)c1.Cc1cc(CCC(=O)N2CC(Cn3ncc4cc(-c5cn[nH]c5)ccc43)C[C@H]2C)ccc1F.Cc1ccc(CCC(=O)N2CC(Cn3ncc4cc(-c5cn[nH]c5)ccc43)C[C@H]2C)c(F)c1. The number of aromatic nitrogens is 16. The van der Waals surface area contributed by atoms with E-state index in [4.69, 9.17) is 10.00 Å². The molecule has 0 bridgehead atoms. The molecule has 4 amide bonds. The quantitative estimate of drug-likeness (QED) is 0.0414. The summed E-state index contributed by atoms with van der Waals surface area (Å²) in [4.78, 5) is 59.7. The van der Waals surface area contributed by atoms with Crippen molar-refractivity contribution in [2.24, 2.45) is 23.7 Å². The third-order valence-electron chi connectivity index (χ3n) is 26.7. The summed E-state index contributed by atoms with van der Waals surface area (Å²) in [7, 11) is 1.66. The number of hydrogen-bond donors (Lipinski definition) is 4. The minimum Gasteiger partial charge on any atom is -0.497 e. The highest BCUT2D eigenvalue weighted by Crippen LogP contribution is 2.36. The van der Waals surface area contributed by atoms with Gasteiger partial charge < -0.3 is 24.3 Å². The first-order valence-corrected chi connectivity index (χ1v) is 45.8. The first kappa shape index (κ1) is 89.5. The predicted octanol–water partition coefficient (Wildman–Crippen LogP) is 18.0. The van der Waals surface area contributed by atoms with E-state index in [9.17, 15) is 28.0 Å². The molecule has 26 nitrogen and oxygen atoms in total. The van der Waals surface area contributed by atoms with Crippen LogP contribution in [0.5, 0.6) is 5.75 Å². The van der Waals surface area contributed by atoms with E-state index in [1.54, 1.807) is 32.2 Å². The zero-order valence-electron chi connectivity index (χ0n) is 75.6. The van der Waals surface area contributed by atoms with E-state index in [-0.39, 0.29) is 59.4 Å². The standard InChI is InChI=1S/2C26H28FN5O.C26H26N6O.C26H29N5O2/c1-17-9-19(3-6-24(17)27)4-8-26(33)31-15-20(10-18(31)2)16-32-25-7-5-21(11-22(25)14-30-32)23-12-28-29-13-23;1-17-3-4-20(24(27)9-17)6-8-26(33)31-15-19(10-18(31)2)16-32-25-7-5-21(11-22(25)14-30-32)23-12-28-29-13-23;1-18-9-21(16-31(18)26(33)8-5-19-3-2-4-20(10-19)12-27)17-32-25-7-6-22(11-23(25)15-30-32)24-13-28-29-14-24;1-18-10-20(16-30(18)26(32)9-6-19-4-3-5-24(11-19)33-2)17-31-25-8-7-21(12-22(25)15-29-31)23-13-27-28-14-23/h3,5-7,9,11-14,18,20H,4,8,10,15-16H2,1-2H3,(H,28,29);3-5,7,9,11-14,18-19H,6,8,10,15-16H2,1-2H3,(H,28,29);2-4,6-7,10-11,13-15,18,21H,5,8-9,16-17H2,1H3,(H,28,29);3-5,7-8,11-15,18,20H,6,9-10,16-17H2,1-2H3,(H,27,28)/t18-,20?;18-,19?;18-,21?;18-,20?/m1111/s1. The average Bonchev–Trinajstić information content (AvgIpc) is 1.66. The lowest BCUT2D eigenvalue weighted by Crippen LogP contribution is -2.34. The molecule has 4 saturated heterocycles. The van der Waals surface area contributed by atoms with Crippen LogP contribution in [0.25, 0.3) is 88.1 Å². The Balaban J connectivity index is 0.000000123. The van der Waals surface area contributed by atoms with Gasteiger partial charge >= 0.3 is 0 Å². The number of amides is 4. The maximum absolute atomic E-state index is 14.1. The first-order chi connectivity index (χ1) is 64.2. The molecule has 0 spiro atoms. The fraction of sp³-hybridized carbons (Fsp3) is 0.337. The fourth-order valence-electron chi connectivity index (χ4n) is 19.7. The van der Waals surface area contributed by atoms with Crippen molar-refractivity contribution in [3.8, 4) is 56.3 Å². The Labute approximate surface area is 765 Å².